The van der Waals surface area contributed by atoms with Gasteiger partial charge in [-0.3, -0.25) is 0 Å². The fourth-order valence-corrected chi connectivity index (χ4v) is 4.57. The summed E-state index contributed by atoms with van der Waals surface area (Å²) in [5.74, 6) is -0.915. The Morgan fingerprint density at radius 3 is 2.32 bits per heavy atom. The summed E-state index contributed by atoms with van der Waals surface area (Å²) in [5.41, 5.74) is -0.529. The van der Waals surface area contributed by atoms with Crippen molar-refractivity contribution in [3.8, 4) is 0 Å². The zero-order valence-corrected chi connectivity index (χ0v) is 15.7. The second-order valence-electron chi connectivity index (χ2n) is 6.42. The molecule has 1 aliphatic rings. The van der Waals surface area contributed by atoms with Crippen molar-refractivity contribution in [3.05, 3.63) is 59.5 Å². The van der Waals surface area contributed by atoms with Crippen molar-refractivity contribution in [2.75, 3.05) is 36.8 Å². The maximum Gasteiger partial charge on any atom is 0.419 e. The number of hydrogen-bond donors (Lipinski definition) is 0. The highest BCUT2D eigenvalue weighted by Crippen LogP contribution is 2.35. The Morgan fingerprint density at radius 1 is 1.00 bits per heavy atom. The molecule has 0 amide bonds. The lowest BCUT2D eigenvalue weighted by molar-refractivity contribution is -0.137. The second-order valence-corrected chi connectivity index (χ2v) is 8.50. The van der Waals surface area contributed by atoms with Gasteiger partial charge in [-0.2, -0.15) is 17.5 Å². The maximum absolute atomic E-state index is 13.7. The van der Waals surface area contributed by atoms with E-state index in [9.17, 15) is 26.0 Å². The molecule has 10 heteroatoms. The monoisotopic (exact) mass is 417 g/mol. The number of piperazine rings is 1. The average molecular weight is 417 g/mol. The van der Waals surface area contributed by atoms with Gasteiger partial charge in [0, 0.05) is 32.4 Å². The van der Waals surface area contributed by atoms with E-state index in [1.165, 1.54) is 39.7 Å². The lowest BCUT2D eigenvalue weighted by atomic mass is 10.2. The highest BCUT2D eigenvalue weighted by molar-refractivity contribution is 7.89. The van der Waals surface area contributed by atoms with Gasteiger partial charge in [-0.05, 0) is 30.2 Å². The lowest BCUT2D eigenvalue weighted by Crippen LogP contribution is -2.50. The summed E-state index contributed by atoms with van der Waals surface area (Å²) in [6, 6.07) is 8.14. The van der Waals surface area contributed by atoms with E-state index in [2.05, 4.69) is 4.98 Å². The third kappa shape index (κ3) is 4.61. The van der Waals surface area contributed by atoms with Crippen molar-refractivity contribution in [1.29, 1.82) is 0 Å². The summed E-state index contributed by atoms with van der Waals surface area (Å²) in [6.45, 7) is 0.291. The molecule has 0 aliphatic carbocycles. The predicted octanol–water partition coefficient (Wildman–Crippen LogP) is 2.93. The van der Waals surface area contributed by atoms with E-state index in [4.69, 9.17) is 0 Å². The Kier molecular flexibility index (Phi) is 5.90. The standard InChI is InChI=1S/C18H19F4N3O2S/c19-16-6-2-1-4-14(16)7-13-28(26,27)25-11-9-24(10-12-25)17-15(18(20,21)22)5-3-8-23-17/h1-6,8H,7,9-13H2. The van der Waals surface area contributed by atoms with Crippen molar-refractivity contribution in [2.24, 2.45) is 0 Å². The van der Waals surface area contributed by atoms with E-state index in [-0.39, 0.29) is 44.2 Å². The molecule has 0 bridgehead atoms. The number of halogens is 4. The Labute approximate surface area is 160 Å². The summed E-state index contributed by atoms with van der Waals surface area (Å²) in [4.78, 5) is 5.27. The Hall–Kier alpha value is -2.20. The summed E-state index contributed by atoms with van der Waals surface area (Å²) < 4.78 is 79.4. The minimum atomic E-state index is -4.54. The molecule has 2 aromatic rings. The van der Waals surface area contributed by atoms with Crippen molar-refractivity contribution >= 4 is 15.8 Å². The first-order chi connectivity index (χ1) is 13.2. The van der Waals surface area contributed by atoms with Crippen LogP contribution >= 0.6 is 0 Å². The van der Waals surface area contributed by atoms with E-state index < -0.39 is 27.6 Å². The molecular weight excluding hydrogens is 398 g/mol. The van der Waals surface area contributed by atoms with E-state index in [0.717, 1.165) is 6.07 Å². The second kappa shape index (κ2) is 8.04. The van der Waals surface area contributed by atoms with E-state index in [1.807, 2.05) is 0 Å². The topological polar surface area (TPSA) is 53.5 Å². The predicted molar refractivity (Wildman–Crippen MR) is 96.9 cm³/mol. The highest BCUT2D eigenvalue weighted by atomic mass is 32.2. The molecule has 2 heterocycles. The van der Waals surface area contributed by atoms with E-state index in [1.54, 1.807) is 6.07 Å². The minimum Gasteiger partial charge on any atom is -0.353 e. The highest BCUT2D eigenvalue weighted by Gasteiger charge is 2.37. The summed E-state index contributed by atoms with van der Waals surface area (Å²) >= 11 is 0. The molecule has 0 unspecified atom stereocenters. The molecule has 0 radical (unpaired) electrons. The number of hydrogen-bond acceptors (Lipinski definition) is 4. The fraction of sp³-hybridized carbons (Fsp3) is 0.389. The van der Waals surface area contributed by atoms with Crippen LogP contribution in [0.15, 0.2) is 42.6 Å². The number of aromatic nitrogens is 1. The zero-order chi connectivity index (χ0) is 20.4. The zero-order valence-electron chi connectivity index (χ0n) is 14.9. The molecule has 1 aromatic carbocycles. The number of aryl methyl sites for hydroxylation is 1. The molecule has 5 nitrogen and oxygen atoms in total. The third-order valence-corrected chi connectivity index (χ3v) is 6.48. The molecule has 1 aromatic heterocycles. The first-order valence-electron chi connectivity index (χ1n) is 8.67. The van der Waals surface area contributed by atoms with Gasteiger partial charge >= 0.3 is 6.18 Å². The molecule has 28 heavy (non-hydrogen) atoms. The van der Waals surface area contributed by atoms with Gasteiger partial charge in [0.15, 0.2) is 0 Å². The number of nitrogens with zero attached hydrogens (tertiary/aromatic N) is 3. The normalized spacial score (nSPS) is 16.4. The third-order valence-electron chi connectivity index (χ3n) is 4.61. The molecule has 0 spiro atoms. The van der Waals surface area contributed by atoms with Gasteiger partial charge in [-0.1, -0.05) is 18.2 Å². The number of pyridine rings is 1. The van der Waals surface area contributed by atoms with Gasteiger partial charge in [-0.15, -0.1) is 0 Å². The molecule has 152 valence electrons. The largest absolute Gasteiger partial charge is 0.419 e. The summed E-state index contributed by atoms with van der Waals surface area (Å²) in [7, 11) is -3.65. The Balaban J connectivity index is 1.65. The van der Waals surface area contributed by atoms with Gasteiger partial charge in [0.05, 0.1) is 11.3 Å². The number of rotatable bonds is 5. The van der Waals surface area contributed by atoms with Gasteiger partial charge in [0.25, 0.3) is 0 Å². The van der Waals surface area contributed by atoms with Crippen LogP contribution in [-0.2, 0) is 22.6 Å². The van der Waals surface area contributed by atoms with Crippen LogP contribution in [0.2, 0.25) is 0 Å². The average Bonchev–Trinajstić information content (AvgIpc) is 2.67. The van der Waals surface area contributed by atoms with Crippen LogP contribution in [-0.4, -0.2) is 49.6 Å². The van der Waals surface area contributed by atoms with Crippen molar-refractivity contribution in [1.82, 2.24) is 9.29 Å². The van der Waals surface area contributed by atoms with Crippen molar-refractivity contribution < 1.29 is 26.0 Å². The van der Waals surface area contributed by atoms with Crippen molar-refractivity contribution in [3.63, 3.8) is 0 Å². The minimum absolute atomic E-state index is 0.0354. The van der Waals surface area contributed by atoms with Crippen LogP contribution in [0.4, 0.5) is 23.4 Å². The number of anilines is 1. The van der Waals surface area contributed by atoms with Crippen molar-refractivity contribution in [2.45, 2.75) is 12.6 Å². The molecular formula is C18H19F4N3O2S. The molecule has 1 saturated heterocycles. The summed E-state index contributed by atoms with van der Waals surface area (Å²) in [6.07, 6.45) is -3.22. The molecule has 3 rings (SSSR count). The first-order valence-corrected chi connectivity index (χ1v) is 10.3. The number of alkyl halides is 3. The summed E-state index contributed by atoms with van der Waals surface area (Å²) in [5, 5.41) is 0. The number of sulfonamides is 1. The first kappa shape index (κ1) is 20.5. The van der Waals surface area contributed by atoms with Crippen LogP contribution < -0.4 is 4.90 Å². The van der Waals surface area contributed by atoms with Crippen LogP contribution in [0, 0.1) is 5.82 Å². The van der Waals surface area contributed by atoms with Gasteiger partial charge in [0.2, 0.25) is 10.0 Å². The molecule has 1 fully saturated rings. The van der Waals surface area contributed by atoms with E-state index in [0.29, 0.717) is 5.56 Å². The molecule has 0 N–H and O–H groups in total. The quantitative estimate of drug-likeness (QED) is 0.702. The Morgan fingerprint density at radius 2 is 1.68 bits per heavy atom. The van der Waals surface area contributed by atoms with Gasteiger partial charge < -0.3 is 4.90 Å². The van der Waals surface area contributed by atoms with Gasteiger partial charge in [0.1, 0.15) is 11.6 Å². The van der Waals surface area contributed by atoms with Crippen LogP contribution in [0.1, 0.15) is 11.1 Å². The van der Waals surface area contributed by atoms with Crippen LogP contribution in [0.25, 0.3) is 0 Å². The maximum atomic E-state index is 13.7. The molecule has 1 aliphatic heterocycles. The molecule has 0 atom stereocenters. The van der Waals surface area contributed by atoms with E-state index >= 15 is 0 Å². The van der Waals surface area contributed by atoms with Crippen LogP contribution in [0.3, 0.4) is 0 Å². The Bertz CT molecular complexity index is 926. The smallest absolute Gasteiger partial charge is 0.353 e. The molecule has 0 saturated carbocycles. The van der Waals surface area contributed by atoms with Gasteiger partial charge in [-0.25, -0.2) is 17.8 Å². The number of benzene rings is 1. The fourth-order valence-electron chi connectivity index (χ4n) is 3.12. The SMILES string of the molecule is O=S(=O)(CCc1ccccc1F)N1CCN(c2ncccc2C(F)(F)F)CC1. The van der Waals surface area contributed by atoms with Crippen LogP contribution in [0.5, 0.6) is 0 Å². The lowest BCUT2D eigenvalue weighted by Gasteiger charge is -2.35.